The molecule has 30 heavy (non-hydrogen) atoms. The summed E-state index contributed by atoms with van der Waals surface area (Å²) in [7, 11) is -3.54. The SMILES string of the molecule is O=C(/C=C/c1cscn1)N1CCN(S(=O)(=O)c2ccc(C3CCCCC3)cc2)CC1. The molecule has 2 fully saturated rings. The van der Waals surface area contributed by atoms with Crippen LogP contribution >= 0.6 is 11.3 Å². The minimum Gasteiger partial charge on any atom is -0.337 e. The minimum absolute atomic E-state index is 0.114. The van der Waals surface area contributed by atoms with Crippen LogP contribution in [0.3, 0.4) is 0 Å². The Morgan fingerprint density at radius 1 is 1.03 bits per heavy atom. The van der Waals surface area contributed by atoms with Gasteiger partial charge in [-0.25, -0.2) is 13.4 Å². The lowest BCUT2D eigenvalue weighted by Crippen LogP contribution is -2.50. The van der Waals surface area contributed by atoms with Crippen molar-refractivity contribution < 1.29 is 13.2 Å². The number of amides is 1. The van der Waals surface area contributed by atoms with Gasteiger partial charge in [-0.2, -0.15) is 4.31 Å². The highest BCUT2D eigenvalue weighted by Crippen LogP contribution is 2.33. The predicted molar refractivity (Wildman–Crippen MR) is 119 cm³/mol. The Kier molecular flexibility index (Phi) is 6.65. The maximum atomic E-state index is 13.0. The van der Waals surface area contributed by atoms with Crippen molar-refractivity contribution in [1.29, 1.82) is 0 Å². The van der Waals surface area contributed by atoms with Gasteiger partial charge in [-0.15, -0.1) is 11.3 Å². The molecule has 2 heterocycles. The van der Waals surface area contributed by atoms with Crippen LogP contribution in [-0.4, -0.2) is 54.7 Å². The van der Waals surface area contributed by atoms with Gasteiger partial charge in [0.25, 0.3) is 0 Å². The van der Waals surface area contributed by atoms with Crippen molar-refractivity contribution in [2.75, 3.05) is 26.2 Å². The Hall–Kier alpha value is -2.03. The third-order valence-corrected chi connectivity index (χ3v) is 8.51. The molecule has 0 spiro atoms. The molecule has 1 aromatic carbocycles. The quantitative estimate of drug-likeness (QED) is 0.658. The number of hydrogen-bond donors (Lipinski definition) is 0. The smallest absolute Gasteiger partial charge is 0.246 e. The van der Waals surface area contributed by atoms with Crippen molar-refractivity contribution in [3.8, 4) is 0 Å². The fraction of sp³-hybridized carbons (Fsp3) is 0.455. The number of thiazole rings is 1. The summed E-state index contributed by atoms with van der Waals surface area (Å²) in [5, 5.41) is 1.87. The first-order chi connectivity index (χ1) is 14.5. The number of piperazine rings is 1. The summed E-state index contributed by atoms with van der Waals surface area (Å²) in [6.07, 6.45) is 9.40. The summed E-state index contributed by atoms with van der Waals surface area (Å²) in [4.78, 5) is 18.5. The predicted octanol–water partition coefficient (Wildman–Crippen LogP) is 3.74. The second kappa shape index (κ2) is 9.41. The van der Waals surface area contributed by atoms with E-state index in [0.29, 0.717) is 37.0 Å². The van der Waals surface area contributed by atoms with Crippen LogP contribution in [0.25, 0.3) is 6.08 Å². The second-order valence-corrected chi connectivity index (χ2v) is 10.5. The lowest BCUT2D eigenvalue weighted by molar-refractivity contribution is -0.127. The standard InChI is InChI=1S/C22H27N3O3S2/c26-22(11-8-20-16-29-17-23-20)24-12-14-25(15-13-24)30(27,28)21-9-6-19(7-10-21)18-4-2-1-3-5-18/h6-11,16-18H,1-5,12-15H2/b11-8+. The van der Waals surface area contributed by atoms with Gasteiger partial charge in [-0.1, -0.05) is 31.4 Å². The van der Waals surface area contributed by atoms with Crippen LogP contribution in [-0.2, 0) is 14.8 Å². The average Bonchev–Trinajstić information content (AvgIpc) is 3.32. The van der Waals surface area contributed by atoms with Gasteiger partial charge < -0.3 is 4.90 Å². The zero-order valence-electron chi connectivity index (χ0n) is 16.9. The molecule has 1 aliphatic carbocycles. The normalized spacial score (nSPS) is 19.4. The van der Waals surface area contributed by atoms with Crippen LogP contribution in [0.15, 0.2) is 46.1 Å². The van der Waals surface area contributed by atoms with E-state index in [4.69, 9.17) is 0 Å². The van der Waals surface area contributed by atoms with E-state index in [1.165, 1.54) is 59.4 Å². The highest BCUT2D eigenvalue weighted by molar-refractivity contribution is 7.89. The van der Waals surface area contributed by atoms with Gasteiger partial charge in [0, 0.05) is 37.6 Å². The third-order valence-electron chi connectivity index (χ3n) is 5.99. The first kappa shape index (κ1) is 21.2. The molecule has 1 aliphatic heterocycles. The molecule has 1 aromatic heterocycles. The topological polar surface area (TPSA) is 70.6 Å². The highest BCUT2D eigenvalue weighted by atomic mass is 32.2. The Bertz CT molecular complexity index is 971. The van der Waals surface area contributed by atoms with Crippen LogP contribution in [0.5, 0.6) is 0 Å². The van der Waals surface area contributed by atoms with E-state index in [9.17, 15) is 13.2 Å². The van der Waals surface area contributed by atoms with Gasteiger partial charge in [-0.05, 0) is 42.5 Å². The summed E-state index contributed by atoms with van der Waals surface area (Å²) >= 11 is 1.48. The number of sulfonamides is 1. The third kappa shape index (κ3) is 4.82. The van der Waals surface area contributed by atoms with Crippen molar-refractivity contribution in [3.05, 3.63) is 52.5 Å². The Balaban J connectivity index is 1.35. The van der Waals surface area contributed by atoms with E-state index >= 15 is 0 Å². The maximum absolute atomic E-state index is 13.0. The minimum atomic E-state index is -3.54. The Morgan fingerprint density at radius 3 is 2.37 bits per heavy atom. The van der Waals surface area contributed by atoms with Crippen LogP contribution < -0.4 is 0 Å². The fourth-order valence-corrected chi connectivity index (χ4v) is 6.16. The first-order valence-corrected chi connectivity index (χ1v) is 12.9. The summed E-state index contributed by atoms with van der Waals surface area (Å²) in [6.45, 7) is 1.39. The summed E-state index contributed by atoms with van der Waals surface area (Å²) < 4.78 is 27.6. The number of hydrogen-bond acceptors (Lipinski definition) is 5. The first-order valence-electron chi connectivity index (χ1n) is 10.5. The fourth-order valence-electron chi connectivity index (χ4n) is 4.21. The van der Waals surface area contributed by atoms with E-state index in [1.54, 1.807) is 28.6 Å². The zero-order valence-corrected chi connectivity index (χ0v) is 18.6. The van der Waals surface area contributed by atoms with Crippen LogP contribution in [0, 0.1) is 0 Å². The van der Waals surface area contributed by atoms with Crippen molar-refractivity contribution in [2.45, 2.75) is 42.9 Å². The number of aromatic nitrogens is 1. The molecule has 8 heteroatoms. The molecule has 0 unspecified atom stereocenters. The summed E-state index contributed by atoms with van der Waals surface area (Å²) in [5.74, 6) is 0.444. The van der Waals surface area contributed by atoms with Gasteiger partial charge in [0.05, 0.1) is 16.1 Å². The highest BCUT2D eigenvalue weighted by Gasteiger charge is 2.29. The van der Waals surface area contributed by atoms with E-state index in [0.717, 1.165) is 5.69 Å². The largest absolute Gasteiger partial charge is 0.337 e. The van der Waals surface area contributed by atoms with Gasteiger partial charge in [0.1, 0.15) is 0 Å². The molecule has 1 saturated heterocycles. The number of carbonyl (C=O) groups is 1. The van der Waals surface area contributed by atoms with Crippen molar-refractivity contribution in [1.82, 2.24) is 14.2 Å². The van der Waals surface area contributed by atoms with Gasteiger partial charge in [0.15, 0.2) is 0 Å². The molecule has 0 radical (unpaired) electrons. The summed E-state index contributed by atoms with van der Waals surface area (Å²) in [5.41, 5.74) is 3.72. The molecule has 1 saturated carbocycles. The van der Waals surface area contributed by atoms with E-state index in [-0.39, 0.29) is 5.91 Å². The van der Waals surface area contributed by atoms with Crippen LogP contribution in [0.2, 0.25) is 0 Å². The van der Waals surface area contributed by atoms with Crippen LogP contribution in [0.4, 0.5) is 0 Å². The van der Waals surface area contributed by atoms with E-state index in [1.807, 2.05) is 17.5 Å². The molecule has 2 aromatic rings. The van der Waals surface area contributed by atoms with Gasteiger partial charge in [-0.3, -0.25) is 4.79 Å². The van der Waals surface area contributed by atoms with E-state index < -0.39 is 10.0 Å². The van der Waals surface area contributed by atoms with Crippen molar-refractivity contribution in [3.63, 3.8) is 0 Å². The van der Waals surface area contributed by atoms with E-state index in [2.05, 4.69) is 4.98 Å². The Morgan fingerprint density at radius 2 is 1.73 bits per heavy atom. The maximum Gasteiger partial charge on any atom is 0.246 e. The number of rotatable bonds is 5. The summed E-state index contributed by atoms with van der Waals surface area (Å²) in [6, 6.07) is 7.44. The molecule has 0 N–H and O–H groups in total. The monoisotopic (exact) mass is 445 g/mol. The molecule has 0 bridgehead atoms. The zero-order chi connectivity index (χ0) is 21.0. The molecule has 160 valence electrons. The molecule has 1 amide bonds. The molecule has 0 atom stereocenters. The van der Waals surface area contributed by atoms with Gasteiger partial charge >= 0.3 is 0 Å². The van der Waals surface area contributed by atoms with Gasteiger partial charge in [0.2, 0.25) is 15.9 Å². The second-order valence-electron chi connectivity index (χ2n) is 7.88. The lowest BCUT2D eigenvalue weighted by Gasteiger charge is -2.33. The molecular weight excluding hydrogens is 418 g/mol. The molecule has 2 aliphatic rings. The molecular formula is C22H27N3O3S2. The van der Waals surface area contributed by atoms with Crippen LogP contribution in [0.1, 0.15) is 49.3 Å². The average molecular weight is 446 g/mol. The number of benzene rings is 1. The number of carbonyl (C=O) groups excluding carboxylic acids is 1. The van der Waals surface area contributed by atoms with Crippen molar-refractivity contribution in [2.24, 2.45) is 0 Å². The number of nitrogens with zero attached hydrogens (tertiary/aromatic N) is 3. The molecule has 6 nitrogen and oxygen atoms in total. The Labute approximate surface area is 182 Å². The molecule has 4 rings (SSSR count). The lowest BCUT2D eigenvalue weighted by atomic mass is 9.84. The van der Waals surface area contributed by atoms with Crippen molar-refractivity contribution >= 4 is 33.3 Å².